The highest BCUT2D eigenvalue weighted by Gasteiger charge is 2.17. The number of rotatable bonds is 5. The first kappa shape index (κ1) is 20.3. The third-order valence-electron chi connectivity index (χ3n) is 4.48. The molecule has 0 spiro atoms. The first-order valence-corrected chi connectivity index (χ1v) is 10.2. The maximum absolute atomic E-state index is 12.8. The third kappa shape index (κ3) is 4.42. The van der Waals surface area contributed by atoms with Gasteiger partial charge in [-0.15, -0.1) is 0 Å². The summed E-state index contributed by atoms with van der Waals surface area (Å²) in [6.07, 6.45) is 0. The third-order valence-corrected chi connectivity index (χ3v) is 5.31. The van der Waals surface area contributed by atoms with E-state index in [9.17, 15) is 9.59 Å². The molecule has 0 bridgehead atoms. The second-order valence-corrected chi connectivity index (χ2v) is 7.82. The summed E-state index contributed by atoms with van der Waals surface area (Å²) in [4.78, 5) is 25.4. The fourth-order valence-electron chi connectivity index (χ4n) is 2.98. The van der Waals surface area contributed by atoms with Crippen molar-refractivity contribution in [3.8, 4) is 11.5 Å². The molecule has 0 atom stereocenters. The van der Waals surface area contributed by atoms with Crippen LogP contribution in [0.5, 0.6) is 11.5 Å². The Hall–Kier alpha value is -3.03. The number of anilines is 1. The van der Waals surface area contributed by atoms with E-state index in [0.717, 1.165) is 10.0 Å². The van der Waals surface area contributed by atoms with E-state index in [1.165, 1.54) is 0 Å². The van der Waals surface area contributed by atoms with Gasteiger partial charge in [0, 0.05) is 11.0 Å². The van der Waals surface area contributed by atoms with Crippen LogP contribution in [0.15, 0.2) is 65.1 Å². The lowest BCUT2D eigenvalue weighted by Gasteiger charge is -2.12. The molecule has 0 fully saturated rings. The topological polar surface area (TPSA) is 76.7 Å². The monoisotopic (exact) mass is 486 g/mol. The summed E-state index contributed by atoms with van der Waals surface area (Å²) in [5, 5.41) is 5.95. The fraction of sp³-hybridized carbons (Fsp3) is 0.0909. The van der Waals surface area contributed by atoms with Crippen LogP contribution in [0.4, 0.5) is 5.69 Å². The quantitative estimate of drug-likeness (QED) is 0.530. The molecule has 30 heavy (non-hydrogen) atoms. The van der Waals surface area contributed by atoms with Gasteiger partial charge < -0.3 is 20.1 Å². The number of ether oxygens (including phenoxy) is 2. The van der Waals surface area contributed by atoms with Gasteiger partial charge in [0.05, 0.1) is 21.8 Å². The van der Waals surface area contributed by atoms with E-state index < -0.39 is 5.91 Å². The first-order chi connectivity index (χ1) is 14.5. The van der Waals surface area contributed by atoms with E-state index in [1.54, 1.807) is 48.5 Å². The molecular weight excluding hydrogens is 472 g/mol. The van der Waals surface area contributed by atoms with Crippen molar-refractivity contribution >= 4 is 45.0 Å². The lowest BCUT2D eigenvalue weighted by molar-refractivity contribution is 0.0951. The van der Waals surface area contributed by atoms with E-state index in [0.29, 0.717) is 39.9 Å². The number of carbonyl (C=O) groups excluding carboxylic acids is 2. The second-order valence-electron chi connectivity index (χ2n) is 6.49. The summed E-state index contributed by atoms with van der Waals surface area (Å²) in [5.74, 6) is 0.617. The summed E-state index contributed by atoms with van der Waals surface area (Å²) >= 11 is 9.47. The van der Waals surface area contributed by atoms with Crippen LogP contribution in [0.3, 0.4) is 0 Å². The molecule has 152 valence electrons. The van der Waals surface area contributed by atoms with Gasteiger partial charge in [-0.2, -0.15) is 0 Å². The molecular formula is C22H16BrClN2O4. The summed E-state index contributed by atoms with van der Waals surface area (Å²) in [6, 6.07) is 17.3. The predicted molar refractivity (Wildman–Crippen MR) is 117 cm³/mol. The van der Waals surface area contributed by atoms with Crippen molar-refractivity contribution in [1.29, 1.82) is 0 Å². The van der Waals surface area contributed by atoms with Gasteiger partial charge in [0.25, 0.3) is 11.8 Å². The Balaban J connectivity index is 1.47. The molecule has 0 unspecified atom stereocenters. The van der Waals surface area contributed by atoms with E-state index >= 15 is 0 Å². The average Bonchev–Trinajstić information content (AvgIpc) is 3.22. The van der Waals surface area contributed by atoms with Crippen molar-refractivity contribution in [2.45, 2.75) is 6.54 Å². The molecule has 0 saturated carbocycles. The molecule has 1 aliphatic heterocycles. The number of hydrogen-bond acceptors (Lipinski definition) is 4. The highest BCUT2D eigenvalue weighted by atomic mass is 79.9. The van der Waals surface area contributed by atoms with Crippen LogP contribution in [0, 0.1) is 0 Å². The van der Waals surface area contributed by atoms with Crippen molar-refractivity contribution in [3.63, 3.8) is 0 Å². The number of fused-ring (bicyclic) bond motifs is 1. The van der Waals surface area contributed by atoms with Crippen LogP contribution in [0.1, 0.15) is 26.3 Å². The second kappa shape index (κ2) is 8.77. The number of nitrogens with one attached hydrogen (secondary N) is 2. The van der Waals surface area contributed by atoms with Gasteiger partial charge in [-0.25, -0.2) is 0 Å². The Morgan fingerprint density at radius 3 is 2.60 bits per heavy atom. The van der Waals surface area contributed by atoms with Crippen LogP contribution in [-0.2, 0) is 6.54 Å². The van der Waals surface area contributed by atoms with E-state index in [4.69, 9.17) is 21.1 Å². The van der Waals surface area contributed by atoms with Crippen molar-refractivity contribution < 1.29 is 19.1 Å². The van der Waals surface area contributed by atoms with Crippen molar-refractivity contribution in [2.75, 3.05) is 12.1 Å². The Kier molecular flexibility index (Phi) is 5.92. The number of halogens is 2. The smallest absolute Gasteiger partial charge is 0.257 e. The molecule has 0 aromatic heterocycles. The number of para-hydroxylation sites is 1. The van der Waals surface area contributed by atoms with Gasteiger partial charge in [-0.05, 0) is 48.0 Å². The first-order valence-electron chi connectivity index (χ1n) is 9.03. The van der Waals surface area contributed by atoms with Gasteiger partial charge in [0.2, 0.25) is 6.79 Å². The summed E-state index contributed by atoms with van der Waals surface area (Å²) in [7, 11) is 0. The number of carbonyl (C=O) groups is 2. The molecule has 3 aromatic carbocycles. The van der Waals surface area contributed by atoms with E-state index in [2.05, 4.69) is 26.6 Å². The molecule has 0 radical (unpaired) electrons. The number of benzene rings is 3. The summed E-state index contributed by atoms with van der Waals surface area (Å²) in [5.41, 5.74) is 1.91. The minimum absolute atomic E-state index is 0.195. The van der Waals surface area contributed by atoms with Crippen LogP contribution < -0.4 is 20.1 Å². The minimum atomic E-state index is -0.405. The highest BCUT2D eigenvalue weighted by Crippen LogP contribution is 2.32. The molecule has 0 saturated heterocycles. The molecule has 2 amide bonds. The Morgan fingerprint density at radius 2 is 1.73 bits per heavy atom. The maximum Gasteiger partial charge on any atom is 0.257 e. The van der Waals surface area contributed by atoms with Crippen molar-refractivity contribution in [3.05, 3.63) is 86.8 Å². The standard InChI is InChI=1S/C22H16BrClN2O4/c23-14-6-7-17(24)16(10-14)22(28)26-18-4-2-1-3-15(18)21(27)25-11-13-5-8-19-20(9-13)30-12-29-19/h1-10H,11-12H2,(H,25,27)(H,26,28). The summed E-state index contributed by atoms with van der Waals surface area (Å²) in [6.45, 7) is 0.495. The minimum Gasteiger partial charge on any atom is -0.454 e. The van der Waals surface area contributed by atoms with Crippen LogP contribution in [-0.4, -0.2) is 18.6 Å². The van der Waals surface area contributed by atoms with Crippen molar-refractivity contribution in [1.82, 2.24) is 5.32 Å². The largest absolute Gasteiger partial charge is 0.454 e. The zero-order valence-electron chi connectivity index (χ0n) is 15.6. The molecule has 4 rings (SSSR count). The summed E-state index contributed by atoms with van der Waals surface area (Å²) < 4.78 is 11.4. The molecule has 1 aliphatic rings. The van der Waals surface area contributed by atoms with Gasteiger partial charge >= 0.3 is 0 Å². The van der Waals surface area contributed by atoms with Gasteiger partial charge in [0.15, 0.2) is 11.5 Å². The van der Waals surface area contributed by atoms with Gasteiger partial charge in [-0.3, -0.25) is 9.59 Å². The zero-order chi connectivity index (χ0) is 21.1. The Bertz CT molecular complexity index is 1140. The van der Waals surface area contributed by atoms with Crippen LogP contribution in [0.25, 0.3) is 0 Å². The average molecular weight is 488 g/mol. The normalized spacial score (nSPS) is 11.8. The lowest BCUT2D eigenvalue weighted by Crippen LogP contribution is -2.25. The molecule has 6 nitrogen and oxygen atoms in total. The molecule has 8 heteroatoms. The number of amides is 2. The molecule has 0 aliphatic carbocycles. The molecule has 3 aromatic rings. The maximum atomic E-state index is 12.8. The van der Waals surface area contributed by atoms with E-state index in [1.807, 2.05) is 12.1 Å². The Morgan fingerprint density at radius 1 is 0.933 bits per heavy atom. The highest BCUT2D eigenvalue weighted by molar-refractivity contribution is 9.10. The van der Waals surface area contributed by atoms with Gasteiger partial charge in [-0.1, -0.05) is 45.7 Å². The number of hydrogen-bond donors (Lipinski definition) is 2. The molecule has 2 N–H and O–H groups in total. The van der Waals surface area contributed by atoms with Gasteiger partial charge in [0.1, 0.15) is 0 Å². The lowest BCUT2D eigenvalue weighted by atomic mass is 10.1. The predicted octanol–water partition coefficient (Wildman–Crippen LogP) is 5.01. The SMILES string of the molecule is O=C(Nc1ccccc1C(=O)NCc1ccc2c(c1)OCO2)c1cc(Br)ccc1Cl. The van der Waals surface area contributed by atoms with Crippen molar-refractivity contribution in [2.24, 2.45) is 0 Å². The van der Waals surface area contributed by atoms with Crippen LogP contribution in [0.2, 0.25) is 5.02 Å². The zero-order valence-corrected chi connectivity index (χ0v) is 17.9. The van der Waals surface area contributed by atoms with E-state index in [-0.39, 0.29) is 12.7 Å². The van der Waals surface area contributed by atoms with Crippen LogP contribution >= 0.6 is 27.5 Å². The fourth-order valence-corrected chi connectivity index (χ4v) is 3.54. The Labute approximate surface area is 186 Å². The molecule has 1 heterocycles.